The smallest absolute Gasteiger partial charge is 0.338 e. The maximum absolute atomic E-state index is 11.9. The van der Waals surface area contributed by atoms with E-state index >= 15 is 0 Å². The number of esters is 1. The Kier molecular flexibility index (Phi) is 9.38. The van der Waals surface area contributed by atoms with Gasteiger partial charge in [-0.2, -0.15) is 0 Å². The van der Waals surface area contributed by atoms with Crippen LogP contribution in [-0.2, 0) is 11.2 Å². The van der Waals surface area contributed by atoms with Crippen LogP contribution in [0.25, 0.3) is 11.1 Å². The zero-order chi connectivity index (χ0) is 23.6. The highest BCUT2D eigenvalue weighted by atomic mass is 35.5. The number of anilines is 1. The van der Waals surface area contributed by atoms with Gasteiger partial charge < -0.3 is 9.64 Å². The number of halogens is 1. The molecule has 4 rings (SSSR count). The number of piperidine rings is 1. The molecule has 0 aromatic heterocycles. The fraction of sp³-hybridized carbons (Fsp3) is 0.345. The molecule has 1 heterocycles. The molecule has 1 saturated heterocycles. The van der Waals surface area contributed by atoms with Crippen molar-refractivity contribution in [2.75, 3.05) is 24.6 Å². The van der Waals surface area contributed by atoms with Crippen LogP contribution >= 0.6 is 11.6 Å². The van der Waals surface area contributed by atoms with Crippen LogP contribution in [0.3, 0.4) is 0 Å². The molecule has 0 radical (unpaired) electrons. The van der Waals surface area contributed by atoms with Gasteiger partial charge >= 0.3 is 5.97 Å². The summed E-state index contributed by atoms with van der Waals surface area (Å²) in [7, 11) is 0. The second-order valence-corrected chi connectivity index (χ2v) is 8.50. The van der Waals surface area contributed by atoms with Gasteiger partial charge in [-0.05, 0) is 85.2 Å². The minimum absolute atomic E-state index is 0.257. The van der Waals surface area contributed by atoms with Gasteiger partial charge in [0.25, 0.3) is 0 Å². The lowest BCUT2D eigenvalue weighted by Gasteiger charge is -2.34. The molecule has 0 atom stereocenters. The van der Waals surface area contributed by atoms with Crippen molar-refractivity contribution in [3.05, 3.63) is 88.9 Å². The first-order chi connectivity index (χ1) is 16.1. The number of ether oxygens (including phenoxy) is 1. The van der Waals surface area contributed by atoms with Crippen molar-refractivity contribution >= 4 is 23.3 Å². The number of hydrogen-bond acceptors (Lipinski definition) is 3. The van der Waals surface area contributed by atoms with Crippen LogP contribution in [0, 0.1) is 5.92 Å². The molecule has 4 heteroatoms. The Bertz CT molecular complexity index is 1010. The third-order valence-corrected chi connectivity index (χ3v) is 6.29. The van der Waals surface area contributed by atoms with Gasteiger partial charge in [-0.15, -0.1) is 0 Å². The predicted octanol–water partition coefficient (Wildman–Crippen LogP) is 7.67. The topological polar surface area (TPSA) is 29.5 Å². The molecule has 3 aromatic rings. The Morgan fingerprint density at radius 3 is 2.21 bits per heavy atom. The number of benzene rings is 3. The van der Waals surface area contributed by atoms with Gasteiger partial charge in [-0.1, -0.05) is 61.8 Å². The van der Waals surface area contributed by atoms with E-state index in [2.05, 4.69) is 41.3 Å². The van der Waals surface area contributed by atoms with Crippen molar-refractivity contribution in [2.45, 2.75) is 40.0 Å². The molecular weight excluding hydrogens is 430 g/mol. The second-order valence-electron chi connectivity index (χ2n) is 8.07. The first kappa shape index (κ1) is 24.9. The van der Waals surface area contributed by atoms with E-state index in [1.807, 2.05) is 57.2 Å². The fourth-order valence-electron chi connectivity index (χ4n) is 4.34. The van der Waals surface area contributed by atoms with E-state index < -0.39 is 0 Å². The lowest BCUT2D eigenvalue weighted by atomic mass is 9.87. The Balaban J connectivity index is 0.00000149. The molecule has 33 heavy (non-hydrogen) atoms. The minimum Gasteiger partial charge on any atom is -0.462 e. The Hall–Kier alpha value is -2.78. The molecule has 0 amide bonds. The van der Waals surface area contributed by atoms with Crippen LogP contribution in [0.5, 0.6) is 0 Å². The van der Waals surface area contributed by atoms with Crippen molar-refractivity contribution in [3.8, 4) is 11.1 Å². The molecule has 0 bridgehead atoms. The Morgan fingerprint density at radius 1 is 0.939 bits per heavy atom. The van der Waals surface area contributed by atoms with Crippen LogP contribution in [0.4, 0.5) is 5.69 Å². The van der Waals surface area contributed by atoms with Crippen molar-refractivity contribution < 1.29 is 9.53 Å². The van der Waals surface area contributed by atoms with Gasteiger partial charge in [0.2, 0.25) is 0 Å². The van der Waals surface area contributed by atoms with E-state index in [1.54, 1.807) is 0 Å². The summed E-state index contributed by atoms with van der Waals surface area (Å²) >= 11 is 6.07. The third kappa shape index (κ3) is 6.61. The predicted molar refractivity (Wildman–Crippen MR) is 139 cm³/mol. The zero-order valence-corrected chi connectivity index (χ0v) is 20.6. The molecule has 0 saturated carbocycles. The largest absolute Gasteiger partial charge is 0.462 e. The summed E-state index contributed by atoms with van der Waals surface area (Å²) in [6.07, 6.45) is 3.41. The first-order valence-electron chi connectivity index (χ1n) is 12.0. The molecule has 174 valence electrons. The molecule has 3 nitrogen and oxygen atoms in total. The molecule has 0 spiro atoms. The van der Waals surface area contributed by atoms with Crippen LogP contribution < -0.4 is 4.90 Å². The maximum atomic E-state index is 11.9. The van der Waals surface area contributed by atoms with E-state index in [4.69, 9.17) is 16.3 Å². The number of carbonyl (C=O) groups excluding carboxylic acids is 1. The zero-order valence-electron chi connectivity index (χ0n) is 19.9. The van der Waals surface area contributed by atoms with Gasteiger partial charge in [0, 0.05) is 23.8 Å². The summed E-state index contributed by atoms with van der Waals surface area (Å²) in [5.41, 5.74) is 5.71. The van der Waals surface area contributed by atoms with Gasteiger partial charge in [0.05, 0.1) is 12.2 Å². The van der Waals surface area contributed by atoms with Gasteiger partial charge in [-0.25, -0.2) is 4.79 Å². The summed E-state index contributed by atoms with van der Waals surface area (Å²) in [5.74, 6) is 0.413. The number of carbonyl (C=O) groups is 1. The molecule has 0 N–H and O–H groups in total. The highest BCUT2D eigenvalue weighted by Gasteiger charge is 2.21. The van der Waals surface area contributed by atoms with Gasteiger partial charge in [0.15, 0.2) is 0 Å². The molecule has 1 aliphatic heterocycles. The average molecular weight is 464 g/mol. The van der Waals surface area contributed by atoms with E-state index in [9.17, 15) is 4.79 Å². The van der Waals surface area contributed by atoms with Gasteiger partial charge in [0.1, 0.15) is 0 Å². The average Bonchev–Trinajstić information content (AvgIpc) is 2.87. The molecule has 0 aliphatic carbocycles. The normalized spacial score (nSPS) is 13.8. The second kappa shape index (κ2) is 12.5. The third-order valence-electron chi connectivity index (χ3n) is 6.04. The summed E-state index contributed by atoms with van der Waals surface area (Å²) < 4.78 is 5.07. The molecule has 1 fully saturated rings. The standard InChI is InChI=1S/C27H28ClNO2.C2H6/c1-2-31-27(30)22-9-13-25(14-10-22)29-17-15-20(16-18-29)19-23-5-3-4-6-26(23)21-7-11-24(28)12-8-21;1-2/h3-14,20H,2,15-19H2,1H3;1-2H3. The van der Waals surface area contributed by atoms with Crippen LogP contribution in [-0.4, -0.2) is 25.7 Å². The Labute approximate surface area is 203 Å². The van der Waals surface area contributed by atoms with Gasteiger partial charge in [-0.3, -0.25) is 0 Å². The summed E-state index contributed by atoms with van der Waals surface area (Å²) in [6, 6.07) is 24.6. The fourth-order valence-corrected chi connectivity index (χ4v) is 4.46. The molecule has 3 aromatic carbocycles. The number of nitrogens with zero attached hydrogens (tertiary/aromatic N) is 1. The number of hydrogen-bond donors (Lipinski definition) is 0. The highest BCUT2D eigenvalue weighted by molar-refractivity contribution is 6.30. The van der Waals surface area contributed by atoms with Crippen molar-refractivity contribution in [1.82, 2.24) is 0 Å². The lowest BCUT2D eigenvalue weighted by molar-refractivity contribution is 0.0526. The van der Waals surface area contributed by atoms with E-state index in [1.165, 1.54) is 22.4 Å². The lowest BCUT2D eigenvalue weighted by Crippen LogP contribution is -2.34. The summed E-state index contributed by atoms with van der Waals surface area (Å²) in [5, 5.41) is 0.767. The van der Waals surface area contributed by atoms with E-state index in [-0.39, 0.29) is 5.97 Å². The first-order valence-corrected chi connectivity index (χ1v) is 12.4. The van der Waals surface area contributed by atoms with E-state index in [0.717, 1.165) is 37.4 Å². The van der Waals surface area contributed by atoms with Crippen LogP contribution in [0.15, 0.2) is 72.8 Å². The van der Waals surface area contributed by atoms with Crippen LogP contribution in [0.2, 0.25) is 5.02 Å². The number of rotatable bonds is 6. The summed E-state index contributed by atoms with van der Waals surface area (Å²) in [6.45, 7) is 8.29. The SMILES string of the molecule is CC.CCOC(=O)c1ccc(N2CCC(Cc3ccccc3-c3ccc(Cl)cc3)CC2)cc1. The molecular formula is C29H34ClNO2. The minimum atomic E-state index is -0.257. The Morgan fingerprint density at radius 2 is 1.58 bits per heavy atom. The monoisotopic (exact) mass is 463 g/mol. The van der Waals surface area contributed by atoms with E-state index in [0.29, 0.717) is 18.1 Å². The molecule has 0 unspecified atom stereocenters. The maximum Gasteiger partial charge on any atom is 0.338 e. The van der Waals surface area contributed by atoms with Crippen molar-refractivity contribution in [2.24, 2.45) is 5.92 Å². The highest BCUT2D eigenvalue weighted by Crippen LogP contribution is 2.31. The quantitative estimate of drug-likeness (QED) is 0.351. The van der Waals surface area contributed by atoms with Crippen LogP contribution in [0.1, 0.15) is 49.5 Å². The summed E-state index contributed by atoms with van der Waals surface area (Å²) in [4.78, 5) is 14.3. The molecule has 1 aliphatic rings. The van der Waals surface area contributed by atoms with Crippen molar-refractivity contribution in [3.63, 3.8) is 0 Å². The van der Waals surface area contributed by atoms with Crippen molar-refractivity contribution in [1.29, 1.82) is 0 Å².